The first kappa shape index (κ1) is 30.2. The Labute approximate surface area is 277 Å². The van der Waals surface area contributed by atoms with Gasteiger partial charge in [0.25, 0.3) is 58.1 Å². The Kier molecular flexibility index (Phi) is 7.07. The molecule has 0 saturated carbocycles. The number of imide groups is 4. The fourth-order valence-corrected chi connectivity index (χ4v) is 5.23. The number of amides is 8. The number of hydrogen-bond acceptors (Lipinski definition) is 8. The Morgan fingerprint density at radius 3 is 1.27 bits per heavy atom. The van der Waals surface area contributed by atoms with Crippen molar-refractivity contribution in [2.75, 3.05) is 21.7 Å². The molecule has 0 unspecified atom stereocenters. The van der Waals surface area contributed by atoms with Gasteiger partial charge in [-0.2, -0.15) is 11.4 Å². The monoisotopic (exact) mass is 690 g/mol. The van der Waals surface area contributed by atoms with Crippen molar-refractivity contribution in [3.05, 3.63) is 53.1 Å². The van der Waals surface area contributed by atoms with Crippen LogP contribution in [0.25, 0.3) is 0 Å². The summed E-state index contributed by atoms with van der Waals surface area (Å²) >= 11 is 0. The zero-order valence-electron chi connectivity index (χ0n) is 21.5. The van der Waals surface area contributed by atoms with E-state index >= 15 is 0 Å². The second-order valence-electron chi connectivity index (χ2n) is 9.58. The molecule has 40 heavy (non-hydrogen) atoms. The molecule has 4 fully saturated rings. The first-order valence-corrected chi connectivity index (χ1v) is 11.3. The van der Waals surface area contributed by atoms with Crippen molar-refractivity contribution in [3.63, 3.8) is 0 Å². The van der Waals surface area contributed by atoms with Crippen LogP contribution < -0.4 is 14.7 Å². The minimum absolute atomic E-state index is 0. The first-order chi connectivity index (χ1) is 17.8. The molecule has 4 saturated heterocycles. The molecule has 8 amide bonds. The summed E-state index contributed by atoms with van der Waals surface area (Å²) in [6.45, 7) is 5.39. The molecule has 4 aliphatic heterocycles. The van der Waals surface area contributed by atoms with Crippen molar-refractivity contribution in [1.29, 1.82) is 0 Å². The van der Waals surface area contributed by atoms with Crippen LogP contribution in [-0.4, -0.2) is 59.2 Å². The number of carbonyl (C=O) groups is 8. The number of likely N-dealkylation sites (tertiary alicyclic amines) is 1. The van der Waals surface area contributed by atoms with Crippen molar-refractivity contribution in [2.45, 2.75) is 20.8 Å². The summed E-state index contributed by atoms with van der Waals surface area (Å²) in [5.41, 5.74) is -2.43. The van der Waals surface area contributed by atoms with E-state index in [1.54, 1.807) is 19.1 Å². The molecular weight excluding hydrogens is 674 g/mol. The molecule has 6 rings (SSSR count). The Morgan fingerprint density at radius 2 is 0.875 bits per heavy atom. The largest absolute Gasteiger partial charge is 0.327 e. The van der Waals surface area contributed by atoms with Gasteiger partial charge in [-0.3, -0.25) is 67.5 Å². The molecule has 12 nitrogen and oxygen atoms in total. The molecule has 4 aliphatic rings. The van der Waals surface area contributed by atoms with Crippen molar-refractivity contribution < 1.29 is 104 Å². The quantitative estimate of drug-likeness (QED) is 0.238. The van der Waals surface area contributed by atoms with Gasteiger partial charge in [-0.15, -0.1) is 0 Å². The van der Waals surface area contributed by atoms with Gasteiger partial charge >= 0.3 is 0 Å². The Bertz CT molecular complexity index is 1580. The van der Waals surface area contributed by atoms with E-state index in [-0.39, 0.29) is 76.8 Å². The van der Waals surface area contributed by atoms with Crippen LogP contribution in [0.1, 0.15) is 16.7 Å². The molecule has 196 valence electrons. The summed E-state index contributed by atoms with van der Waals surface area (Å²) in [4.78, 5) is 104. The third kappa shape index (κ3) is 3.10. The van der Waals surface area contributed by atoms with E-state index in [2.05, 4.69) is 12.1 Å². The number of rotatable bonds is 3. The van der Waals surface area contributed by atoms with Gasteiger partial charge in [0.15, 0.2) is 0 Å². The minimum Gasteiger partial charge on any atom is -0.327 e. The molecule has 0 N–H and O–H groups in total. The third-order valence-electron chi connectivity index (χ3n) is 7.64. The molecule has 0 aromatic heterocycles. The van der Waals surface area contributed by atoms with E-state index in [0.717, 1.165) is 35.2 Å². The fraction of sp³-hybridized carbons (Fsp3) is 0.231. The first-order valence-electron chi connectivity index (χ1n) is 11.3. The summed E-state index contributed by atoms with van der Waals surface area (Å²) in [5.74, 6) is -7.88. The Balaban J connectivity index is 0.00000185. The number of anilines is 3. The maximum absolute atomic E-state index is 13.0. The molecule has 2 radical (unpaired) electrons. The SMILES string of the molecule is Cc1cc(C)c(N2C(=O)C3(C(=O)N(c4[c-]cc(N5C(=O)C6(C(=O)N(C)C6=O)C5=O)[c-]c4)C3=O)C2=O)cc1C.[Y].[Y]. The molecule has 0 aliphatic carbocycles. The molecule has 0 bridgehead atoms. The van der Waals surface area contributed by atoms with E-state index < -0.39 is 58.1 Å². The van der Waals surface area contributed by atoms with E-state index in [9.17, 15) is 38.4 Å². The molecule has 4 heterocycles. The van der Waals surface area contributed by atoms with Crippen molar-refractivity contribution in [2.24, 2.45) is 10.8 Å². The number of β-lactam (4-membered cyclic amide) rings is 8. The predicted octanol–water partition coefficient (Wildman–Crippen LogP) is -0.502. The van der Waals surface area contributed by atoms with Gasteiger partial charge in [-0.25, -0.2) is 4.90 Å². The van der Waals surface area contributed by atoms with Crippen LogP contribution in [0.5, 0.6) is 0 Å². The van der Waals surface area contributed by atoms with Crippen molar-refractivity contribution in [3.8, 4) is 0 Å². The molecule has 14 heteroatoms. The normalized spacial score (nSPS) is 20.2. The van der Waals surface area contributed by atoms with Crippen molar-refractivity contribution in [1.82, 2.24) is 4.90 Å². The minimum atomic E-state index is -2.45. The second-order valence-corrected chi connectivity index (χ2v) is 9.58. The number of carbonyl (C=O) groups excluding carboxylic acids is 8. The molecule has 2 aromatic rings. The van der Waals surface area contributed by atoms with Gasteiger partial charge in [-0.1, -0.05) is 6.07 Å². The van der Waals surface area contributed by atoms with Crippen LogP contribution in [0.15, 0.2) is 24.3 Å². The van der Waals surface area contributed by atoms with Gasteiger partial charge < -0.3 is 9.80 Å². The number of nitrogens with zero attached hydrogens (tertiary/aromatic N) is 4. The molecule has 2 spiro atoms. The van der Waals surface area contributed by atoms with Crippen LogP contribution >= 0.6 is 0 Å². The summed E-state index contributed by atoms with van der Waals surface area (Å²) < 4.78 is 0. The van der Waals surface area contributed by atoms with Crippen LogP contribution in [0.4, 0.5) is 17.1 Å². The molecule has 2 aromatic carbocycles. The van der Waals surface area contributed by atoms with Gasteiger partial charge in [-0.05, 0) is 43.5 Å². The average Bonchev–Trinajstić information content (AvgIpc) is 2.88. The number of aryl methyl sites for hydroxylation is 3. The van der Waals surface area contributed by atoms with Crippen LogP contribution in [-0.2, 0) is 104 Å². The van der Waals surface area contributed by atoms with Gasteiger partial charge in [0.2, 0.25) is 0 Å². The second kappa shape index (κ2) is 9.37. The zero-order valence-corrected chi connectivity index (χ0v) is 27.2. The van der Waals surface area contributed by atoms with E-state index in [4.69, 9.17) is 0 Å². The predicted molar refractivity (Wildman–Crippen MR) is 125 cm³/mol. The maximum atomic E-state index is 13.0. The summed E-state index contributed by atoms with van der Waals surface area (Å²) in [7, 11) is 1.15. The molecular formula is C26H16N4O8Y2-2. The van der Waals surface area contributed by atoms with Crippen LogP contribution in [0, 0.1) is 43.7 Å². The number of benzene rings is 2. The van der Waals surface area contributed by atoms with Gasteiger partial charge in [0, 0.05) is 72.5 Å². The summed E-state index contributed by atoms with van der Waals surface area (Å²) in [5, 5.41) is 0. The van der Waals surface area contributed by atoms with Crippen molar-refractivity contribution >= 4 is 64.3 Å². The topological polar surface area (TPSA) is 150 Å². The smallest absolute Gasteiger partial charge is 0.284 e. The summed E-state index contributed by atoms with van der Waals surface area (Å²) in [6.07, 6.45) is 0. The van der Waals surface area contributed by atoms with Gasteiger partial charge in [0.05, 0.1) is 5.69 Å². The third-order valence-corrected chi connectivity index (χ3v) is 7.64. The number of hydrogen-bond donors (Lipinski definition) is 0. The Morgan fingerprint density at radius 1 is 0.525 bits per heavy atom. The zero-order chi connectivity index (χ0) is 27.6. The molecule has 0 atom stereocenters. The van der Waals surface area contributed by atoms with E-state index in [0.29, 0.717) is 26.0 Å². The maximum Gasteiger partial charge on any atom is 0.284 e. The Hall–Kier alpha value is -2.79. The van der Waals surface area contributed by atoms with E-state index in [1.165, 1.54) is 0 Å². The summed E-state index contributed by atoms with van der Waals surface area (Å²) in [6, 6.07) is 10.7. The van der Waals surface area contributed by atoms with E-state index in [1.807, 2.05) is 13.8 Å². The van der Waals surface area contributed by atoms with Gasteiger partial charge in [0.1, 0.15) is 0 Å². The fourth-order valence-electron chi connectivity index (χ4n) is 5.23. The van der Waals surface area contributed by atoms with Crippen LogP contribution in [0.2, 0.25) is 0 Å². The average molecular weight is 690 g/mol. The standard InChI is InChI=1S/C26H16N4O8.2Y/c1-11-9-13(3)16(10-12(11)2)30-23(37)26(24(30)38)21(35)29(22(26)36)15-7-5-14(6-8-15)28-19(33)25(20(28)34)17(31)27(4)18(25)32;;/h5,8-10H,1-4H3;;/q-2;;. The van der Waals surface area contributed by atoms with Crippen LogP contribution in [0.3, 0.4) is 0 Å².